The number of carbonyl (C=O) groups is 2. The second-order valence-corrected chi connectivity index (χ2v) is 5.50. The number of hydrogen-bond acceptors (Lipinski definition) is 2. The Morgan fingerprint density at radius 2 is 1.79 bits per heavy atom. The molecule has 0 aliphatic heterocycles. The first-order valence-corrected chi connectivity index (χ1v) is 7.47. The fourth-order valence-corrected chi connectivity index (χ4v) is 2.14. The van der Waals surface area contributed by atoms with Crippen LogP contribution in [-0.2, 0) is 4.79 Å². The van der Waals surface area contributed by atoms with Crippen LogP contribution in [0.5, 0.6) is 0 Å². The minimum absolute atomic E-state index is 0.0436. The van der Waals surface area contributed by atoms with E-state index in [0.29, 0.717) is 6.07 Å². The molecule has 0 spiro atoms. The molecule has 0 heterocycles. The molecule has 4 nitrogen and oxygen atoms in total. The van der Waals surface area contributed by atoms with Crippen molar-refractivity contribution in [3.05, 3.63) is 64.7 Å². The van der Waals surface area contributed by atoms with Crippen molar-refractivity contribution in [3.63, 3.8) is 0 Å². The number of carbonyl (C=O) groups excluding carboxylic acids is 2. The predicted octanol–water partition coefficient (Wildman–Crippen LogP) is 3.34. The van der Waals surface area contributed by atoms with Crippen LogP contribution in [0.25, 0.3) is 0 Å². The lowest BCUT2D eigenvalue weighted by Gasteiger charge is -2.10. The van der Waals surface area contributed by atoms with Gasteiger partial charge in [0.25, 0.3) is 5.91 Å². The zero-order valence-electron chi connectivity index (χ0n) is 13.5. The fraction of sp³-hybridized carbons (Fsp3) is 0.222. The quantitative estimate of drug-likeness (QED) is 0.882. The fourth-order valence-electron chi connectivity index (χ4n) is 2.14. The van der Waals surface area contributed by atoms with Crippen molar-refractivity contribution in [2.24, 2.45) is 0 Å². The van der Waals surface area contributed by atoms with E-state index in [1.807, 2.05) is 32.0 Å². The van der Waals surface area contributed by atoms with Gasteiger partial charge < -0.3 is 10.6 Å². The van der Waals surface area contributed by atoms with Gasteiger partial charge in [-0.15, -0.1) is 0 Å². The summed E-state index contributed by atoms with van der Waals surface area (Å²) in [6.45, 7) is 3.85. The highest BCUT2D eigenvalue weighted by Gasteiger charge is 2.12. The van der Waals surface area contributed by atoms with E-state index in [4.69, 9.17) is 0 Å². The molecule has 0 aliphatic carbocycles. The van der Waals surface area contributed by atoms with Gasteiger partial charge in [-0.25, -0.2) is 8.78 Å². The molecule has 0 atom stereocenters. The largest absolute Gasteiger partial charge is 0.351 e. The Bertz CT molecular complexity index is 776. The molecule has 0 saturated heterocycles. The van der Waals surface area contributed by atoms with E-state index in [9.17, 15) is 18.4 Å². The number of amides is 2. The summed E-state index contributed by atoms with van der Waals surface area (Å²) in [5.74, 6) is -2.64. The Balaban J connectivity index is 1.86. The lowest BCUT2D eigenvalue weighted by Crippen LogP contribution is -2.28. The summed E-state index contributed by atoms with van der Waals surface area (Å²) in [7, 11) is 0. The predicted molar refractivity (Wildman–Crippen MR) is 87.9 cm³/mol. The van der Waals surface area contributed by atoms with Crippen LogP contribution in [0.4, 0.5) is 14.5 Å². The molecule has 6 heteroatoms. The van der Waals surface area contributed by atoms with Crippen molar-refractivity contribution < 1.29 is 18.4 Å². The Kier molecular flexibility index (Phi) is 5.63. The van der Waals surface area contributed by atoms with E-state index in [1.165, 1.54) is 0 Å². The molecule has 2 amide bonds. The summed E-state index contributed by atoms with van der Waals surface area (Å²) in [6, 6.07) is 8.43. The molecular formula is C18H18F2N2O2. The van der Waals surface area contributed by atoms with E-state index in [2.05, 4.69) is 10.6 Å². The third kappa shape index (κ3) is 4.62. The van der Waals surface area contributed by atoms with Crippen molar-refractivity contribution in [1.82, 2.24) is 5.32 Å². The highest BCUT2D eigenvalue weighted by Crippen LogP contribution is 2.16. The van der Waals surface area contributed by atoms with Gasteiger partial charge in [-0.3, -0.25) is 9.59 Å². The van der Waals surface area contributed by atoms with Gasteiger partial charge in [0.2, 0.25) is 5.91 Å². The normalized spacial score (nSPS) is 10.3. The van der Waals surface area contributed by atoms with Crippen molar-refractivity contribution in [2.45, 2.75) is 20.3 Å². The molecule has 0 aliphatic rings. The van der Waals surface area contributed by atoms with Gasteiger partial charge in [-0.2, -0.15) is 0 Å². The van der Waals surface area contributed by atoms with Gasteiger partial charge in [0, 0.05) is 24.7 Å². The molecule has 2 N–H and O–H groups in total. The maximum absolute atomic E-state index is 13.5. The third-order valence-electron chi connectivity index (χ3n) is 3.48. The number of nitrogens with one attached hydrogen (secondary N) is 2. The Labute approximate surface area is 138 Å². The Morgan fingerprint density at radius 3 is 2.50 bits per heavy atom. The number of anilines is 1. The molecule has 0 unspecified atom stereocenters. The van der Waals surface area contributed by atoms with E-state index < -0.39 is 17.5 Å². The topological polar surface area (TPSA) is 58.2 Å². The minimum Gasteiger partial charge on any atom is -0.351 e. The summed E-state index contributed by atoms with van der Waals surface area (Å²) in [5.41, 5.74) is 2.42. The van der Waals surface area contributed by atoms with E-state index in [-0.39, 0.29) is 24.4 Å². The number of hydrogen-bond donors (Lipinski definition) is 2. The highest BCUT2D eigenvalue weighted by molar-refractivity contribution is 5.95. The smallest absolute Gasteiger partial charge is 0.254 e. The first-order chi connectivity index (χ1) is 11.4. The molecule has 2 rings (SSSR count). The second-order valence-electron chi connectivity index (χ2n) is 5.50. The summed E-state index contributed by atoms with van der Waals surface area (Å²) in [5, 5.41) is 5.21. The average molecular weight is 332 g/mol. The minimum atomic E-state index is -0.938. The zero-order valence-corrected chi connectivity index (χ0v) is 13.5. The lowest BCUT2D eigenvalue weighted by atomic mass is 10.1. The Hall–Kier alpha value is -2.76. The zero-order chi connectivity index (χ0) is 17.7. The summed E-state index contributed by atoms with van der Waals surface area (Å²) in [4.78, 5) is 23.7. The summed E-state index contributed by atoms with van der Waals surface area (Å²) in [6.07, 6.45) is 0.0436. The molecule has 24 heavy (non-hydrogen) atoms. The van der Waals surface area contributed by atoms with E-state index in [1.54, 1.807) is 0 Å². The molecule has 0 saturated carbocycles. The highest BCUT2D eigenvalue weighted by atomic mass is 19.1. The Morgan fingerprint density at radius 1 is 1.04 bits per heavy atom. The average Bonchev–Trinajstić information content (AvgIpc) is 2.50. The van der Waals surface area contributed by atoms with E-state index >= 15 is 0 Å². The molecule has 0 radical (unpaired) electrons. The molecular weight excluding hydrogens is 314 g/mol. The van der Waals surface area contributed by atoms with Crippen LogP contribution in [0.3, 0.4) is 0 Å². The van der Waals surface area contributed by atoms with Crippen LogP contribution < -0.4 is 10.6 Å². The van der Waals surface area contributed by atoms with Crippen LogP contribution in [0.1, 0.15) is 27.9 Å². The van der Waals surface area contributed by atoms with Gasteiger partial charge in [0.15, 0.2) is 0 Å². The number of aryl methyl sites for hydroxylation is 2. The maximum atomic E-state index is 13.5. The lowest BCUT2D eigenvalue weighted by molar-refractivity contribution is -0.116. The van der Waals surface area contributed by atoms with Crippen LogP contribution in [-0.4, -0.2) is 18.4 Å². The summed E-state index contributed by atoms with van der Waals surface area (Å²) < 4.78 is 26.3. The molecule has 0 aromatic heterocycles. The van der Waals surface area contributed by atoms with Gasteiger partial charge in [0.1, 0.15) is 11.6 Å². The monoisotopic (exact) mass is 332 g/mol. The van der Waals surface area contributed by atoms with Gasteiger partial charge in [-0.1, -0.05) is 12.1 Å². The maximum Gasteiger partial charge on any atom is 0.254 e. The first-order valence-electron chi connectivity index (χ1n) is 7.47. The number of benzene rings is 2. The number of halogens is 2. The van der Waals surface area contributed by atoms with Crippen molar-refractivity contribution in [3.8, 4) is 0 Å². The van der Waals surface area contributed by atoms with Crippen LogP contribution >= 0.6 is 0 Å². The third-order valence-corrected chi connectivity index (χ3v) is 3.48. The second kappa shape index (κ2) is 7.68. The van der Waals surface area contributed by atoms with Gasteiger partial charge in [0.05, 0.1) is 5.56 Å². The standard InChI is InChI=1S/C18H18F2N2O2/c1-11-3-4-12(2)16(9-11)22-17(23)7-8-21-18(24)14-6-5-13(19)10-15(14)20/h3-6,9-10H,7-8H2,1-2H3,(H,21,24)(H,22,23). The van der Waals surface area contributed by atoms with Crippen molar-refractivity contribution in [2.75, 3.05) is 11.9 Å². The van der Waals surface area contributed by atoms with Crippen LogP contribution in [0.2, 0.25) is 0 Å². The van der Waals surface area contributed by atoms with Gasteiger partial charge in [-0.05, 0) is 43.2 Å². The van der Waals surface area contributed by atoms with E-state index in [0.717, 1.165) is 28.9 Å². The van der Waals surface area contributed by atoms with Crippen LogP contribution in [0.15, 0.2) is 36.4 Å². The van der Waals surface area contributed by atoms with Crippen molar-refractivity contribution in [1.29, 1.82) is 0 Å². The molecule has 0 bridgehead atoms. The molecule has 0 fully saturated rings. The molecule has 126 valence electrons. The SMILES string of the molecule is Cc1ccc(C)c(NC(=O)CCNC(=O)c2ccc(F)cc2F)c1. The van der Waals surface area contributed by atoms with Gasteiger partial charge >= 0.3 is 0 Å². The van der Waals surface area contributed by atoms with Crippen molar-refractivity contribution >= 4 is 17.5 Å². The first kappa shape index (κ1) is 17.6. The molecule has 2 aromatic carbocycles. The summed E-state index contributed by atoms with van der Waals surface area (Å²) >= 11 is 0. The molecule has 2 aromatic rings. The number of rotatable bonds is 5. The van der Waals surface area contributed by atoms with Crippen LogP contribution in [0, 0.1) is 25.5 Å².